The van der Waals surface area contributed by atoms with Crippen LogP contribution in [0.4, 0.5) is 19.4 Å². The molecule has 14 heteroatoms. The summed E-state index contributed by atoms with van der Waals surface area (Å²) in [6.45, 7) is 2.92. The molecule has 2 atom stereocenters. The minimum Gasteiger partial charge on any atom is -0.383 e. The summed E-state index contributed by atoms with van der Waals surface area (Å²) < 4.78 is 36.2. The molecule has 2 N–H and O–H groups in total. The molecule has 5 aromatic rings. The molecular weight excluding hydrogens is 560 g/mol. The summed E-state index contributed by atoms with van der Waals surface area (Å²) in [5.74, 6) is -1.87. The fraction of sp³-hybridized carbons (Fsp3) is 0.276. The number of halogens is 2. The van der Waals surface area contributed by atoms with Crippen LogP contribution in [0.25, 0.3) is 28.1 Å². The third-order valence-corrected chi connectivity index (χ3v) is 7.22. The van der Waals surface area contributed by atoms with Gasteiger partial charge in [0.1, 0.15) is 17.4 Å². The molecule has 1 aromatic carbocycles. The Balaban J connectivity index is 1.30. The molecule has 0 saturated carbocycles. The number of hydrogen-bond acceptors (Lipinski definition) is 8. The number of anilines is 1. The van der Waals surface area contributed by atoms with Crippen LogP contribution in [0.1, 0.15) is 17.2 Å². The van der Waals surface area contributed by atoms with Gasteiger partial charge in [-0.1, -0.05) is 18.2 Å². The second-order valence-electron chi connectivity index (χ2n) is 10.1. The molecule has 0 radical (unpaired) electrons. The summed E-state index contributed by atoms with van der Waals surface area (Å²) in [4.78, 5) is 31.9. The van der Waals surface area contributed by atoms with Crippen molar-refractivity contribution in [2.24, 2.45) is 7.05 Å². The molecular formula is C29H29F2N9O3. The lowest BCUT2D eigenvalue weighted by Crippen LogP contribution is -2.42. The van der Waals surface area contributed by atoms with Gasteiger partial charge >= 0.3 is 6.03 Å². The first kappa shape index (κ1) is 28.3. The maximum absolute atomic E-state index is 14.0. The summed E-state index contributed by atoms with van der Waals surface area (Å²) in [5.41, 5.74) is 4.56. The summed E-state index contributed by atoms with van der Waals surface area (Å²) in [6.07, 6.45) is 3.81. The zero-order chi connectivity index (χ0) is 30.1. The zero-order valence-corrected chi connectivity index (χ0v) is 23.7. The zero-order valence-electron chi connectivity index (χ0n) is 23.7. The largest absolute Gasteiger partial charge is 0.383 e. The Morgan fingerprint density at radius 3 is 2.72 bits per heavy atom. The van der Waals surface area contributed by atoms with Gasteiger partial charge in [0, 0.05) is 56.3 Å². The number of ether oxygens (including phenoxy) is 1. The van der Waals surface area contributed by atoms with Crippen LogP contribution in [0, 0.1) is 18.7 Å². The van der Waals surface area contributed by atoms with Gasteiger partial charge in [-0.25, -0.2) is 28.8 Å². The molecule has 12 nitrogen and oxygen atoms in total. The Morgan fingerprint density at radius 1 is 1.14 bits per heavy atom. The molecule has 1 fully saturated rings. The number of pyridine rings is 2. The summed E-state index contributed by atoms with van der Waals surface area (Å²) in [7, 11) is 3.44. The quantitative estimate of drug-likeness (QED) is 0.261. The van der Waals surface area contributed by atoms with Crippen molar-refractivity contribution < 1.29 is 23.1 Å². The number of nitrogens with zero attached hydrogens (tertiary/aromatic N) is 7. The van der Waals surface area contributed by atoms with Crippen molar-refractivity contribution in [2.75, 3.05) is 32.1 Å². The van der Waals surface area contributed by atoms with Crippen LogP contribution >= 0.6 is 0 Å². The van der Waals surface area contributed by atoms with Crippen LogP contribution in [0.2, 0.25) is 0 Å². The van der Waals surface area contributed by atoms with Crippen molar-refractivity contribution in [1.29, 1.82) is 0 Å². The summed E-state index contributed by atoms with van der Waals surface area (Å²) in [6, 6.07) is 11.2. The van der Waals surface area contributed by atoms with E-state index < -0.39 is 29.9 Å². The van der Waals surface area contributed by atoms with Gasteiger partial charge in [-0.3, -0.25) is 10.2 Å². The number of hydroxylamine groups is 2. The number of methoxy groups -OCH3 is 1. The van der Waals surface area contributed by atoms with E-state index in [0.29, 0.717) is 30.2 Å². The van der Waals surface area contributed by atoms with Crippen molar-refractivity contribution in [2.45, 2.75) is 19.1 Å². The minimum atomic E-state index is -1.21. The second-order valence-corrected chi connectivity index (χ2v) is 10.1. The first-order valence-electron chi connectivity index (χ1n) is 13.5. The third-order valence-electron chi connectivity index (χ3n) is 7.22. The molecule has 0 spiro atoms. The van der Waals surface area contributed by atoms with E-state index in [-0.39, 0.29) is 12.1 Å². The highest BCUT2D eigenvalue weighted by molar-refractivity contribution is 5.91. The summed E-state index contributed by atoms with van der Waals surface area (Å²) >= 11 is 0. The lowest BCUT2D eigenvalue weighted by Gasteiger charge is -2.19. The number of nitrogens with one attached hydrogen (secondary N) is 2. The van der Waals surface area contributed by atoms with Crippen molar-refractivity contribution in [1.82, 2.24) is 39.7 Å². The lowest BCUT2D eigenvalue weighted by molar-refractivity contribution is -0.154. The number of benzene rings is 1. The van der Waals surface area contributed by atoms with Gasteiger partial charge < -0.3 is 14.6 Å². The van der Waals surface area contributed by atoms with E-state index in [0.717, 1.165) is 28.5 Å². The van der Waals surface area contributed by atoms with E-state index in [1.165, 1.54) is 6.20 Å². The average Bonchev–Trinajstić information content (AvgIpc) is 3.69. The van der Waals surface area contributed by atoms with E-state index in [2.05, 4.69) is 25.6 Å². The Hall–Kier alpha value is -4.79. The van der Waals surface area contributed by atoms with Crippen LogP contribution < -0.4 is 10.6 Å². The molecule has 0 unspecified atom stereocenters. The number of aryl methyl sites for hydroxylation is 1. The Morgan fingerprint density at radius 2 is 1.95 bits per heavy atom. The van der Waals surface area contributed by atoms with Crippen molar-refractivity contribution in [3.63, 3.8) is 0 Å². The molecule has 2 amide bonds. The predicted octanol–water partition coefficient (Wildman–Crippen LogP) is 3.93. The number of rotatable bonds is 8. The standard InChI is InChI=1S/C29H29F2N9O3/c1-17-24(18-12-22-28(33-13-18)38(2)16-34-22)37-40(20-7-5-4-6-8-20)27(17)36-29(41)35-23-15-39(9-10-42-3)43-25(23)19-11-21(30)26(31)32-14-19/h4-8,11-14,16,23,25H,9-10,15H2,1-3H3,(H2,35,36,41)/t23-,25+/m1/s1. The number of imidazole rings is 1. The highest BCUT2D eigenvalue weighted by atomic mass is 19.2. The smallest absolute Gasteiger partial charge is 0.320 e. The number of fused-ring (bicyclic) bond motifs is 1. The molecule has 6 rings (SSSR count). The van der Waals surface area contributed by atoms with E-state index in [1.807, 2.05) is 54.9 Å². The normalized spacial score (nSPS) is 17.0. The summed E-state index contributed by atoms with van der Waals surface area (Å²) in [5, 5.41) is 12.3. The van der Waals surface area contributed by atoms with Gasteiger partial charge in [0.15, 0.2) is 11.5 Å². The fourth-order valence-electron chi connectivity index (χ4n) is 5.07. The highest BCUT2D eigenvalue weighted by Gasteiger charge is 2.37. The molecule has 1 aliphatic rings. The maximum Gasteiger partial charge on any atom is 0.320 e. The number of aromatic nitrogens is 6. The van der Waals surface area contributed by atoms with Crippen LogP contribution in [0.15, 0.2) is 61.2 Å². The minimum absolute atomic E-state index is 0.276. The number of para-hydroxylation sites is 1. The van der Waals surface area contributed by atoms with Gasteiger partial charge in [0.05, 0.1) is 30.4 Å². The van der Waals surface area contributed by atoms with Gasteiger partial charge in [-0.2, -0.15) is 14.6 Å². The third kappa shape index (κ3) is 5.67. The fourth-order valence-corrected chi connectivity index (χ4v) is 5.07. The van der Waals surface area contributed by atoms with Crippen molar-refractivity contribution in [3.8, 4) is 16.9 Å². The molecule has 5 heterocycles. The van der Waals surface area contributed by atoms with E-state index in [4.69, 9.17) is 14.7 Å². The second kappa shape index (κ2) is 11.8. The first-order valence-corrected chi connectivity index (χ1v) is 13.5. The number of carbonyl (C=O) groups is 1. The van der Waals surface area contributed by atoms with Crippen LogP contribution in [0.5, 0.6) is 0 Å². The number of amides is 2. The maximum atomic E-state index is 14.0. The SMILES string of the molecule is COCCN1C[C@@H](NC(=O)Nc2c(C)c(-c3cnc4c(c3)ncn4C)nn2-c2ccccc2)[C@H](c2cnc(F)c(F)c2)O1. The average molecular weight is 590 g/mol. The Bertz CT molecular complexity index is 1780. The highest BCUT2D eigenvalue weighted by Crippen LogP contribution is 2.32. The van der Waals surface area contributed by atoms with Crippen LogP contribution in [0.3, 0.4) is 0 Å². The topological polar surface area (TPSA) is 124 Å². The molecule has 1 aliphatic heterocycles. The van der Waals surface area contributed by atoms with Crippen molar-refractivity contribution in [3.05, 3.63) is 84.1 Å². The molecule has 1 saturated heterocycles. The predicted molar refractivity (Wildman–Crippen MR) is 153 cm³/mol. The van der Waals surface area contributed by atoms with Crippen molar-refractivity contribution >= 4 is 23.0 Å². The van der Waals surface area contributed by atoms with Gasteiger partial charge in [-0.15, -0.1) is 0 Å². The van der Waals surface area contributed by atoms with E-state index in [1.54, 1.807) is 29.4 Å². The molecule has 43 heavy (non-hydrogen) atoms. The number of carbonyl (C=O) groups excluding carboxylic acids is 1. The van der Waals surface area contributed by atoms with Gasteiger partial charge in [0.2, 0.25) is 5.95 Å². The van der Waals surface area contributed by atoms with Gasteiger partial charge in [0.25, 0.3) is 0 Å². The molecule has 4 aromatic heterocycles. The van der Waals surface area contributed by atoms with E-state index >= 15 is 0 Å². The molecule has 0 bridgehead atoms. The Labute approximate surface area is 245 Å². The number of hydrogen-bond donors (Lipinski definition) is 2. The number of urea groups is 1. The molecule has 0 aliphatic carbocycles. The first-order chi connectivity index (χ1) is 20.8. The Kier molecular flexibility index (Phi) is 7.80. The van der Waals surface area contributed by atoms with Gasteiger partial charge in [-0.05, 0) is 31.2 Å². The van der Waals surface area contributed by atoms with Crippen LogP contribution in [-0.4, -0.2) is 73.2 Å². The van der Waals surface area contributed by atoms with E-state index in [9.17, 15) is 13.6 Å². The lowest BCUT2D eigenvalue weighted by atomic mass is 10.0. The monoisotopic (exact) mass is 589 g/mol. The van der Waals surface area contributed by atoms with Crippen LogP contribution in [-0.2, 0) is 16.6 Å². The molecule has 222 valence electrons.